The molecule has 0 radical (unpaired) electrons. The summed E-state index contributed by atoms with van der Waals surface area (Å²) in [5, 5.41) is 25.6. The zero-order valence-corrected chi connectivity index (χ0v) is 30.6. The molecule has 5 aliphatic rings. The molecule has 16 nitrogen and oxygen atoms in total. The maximum absolute atomic E-state index is 14.1. The largest absolute Gasteiger partial charge is 0.502 e. The number of carbonyl (C=O) groups excluding carboxylic acids is 1. The number of ether oxygens (including phenoxy) is 9. The van der Waals surface area contributed by atoms with E-state index in [1.165, 1.54) is 14.2 Å². The van der Waals surface area contributed by atoms with Gasteiger partial charge in [-0.3, -0.25) is 14.7 Å². The maximum Gasteiger partial charge on any atom is 0.334 e. The summed E-state index contributed by atoms with van der Waals surface area (Å²) in [7, 11) is -0.882. The molecule has 1 aliphatic carbocycles. The van der Waals surface area contributed by atoms with Crippen LogP contribution in [0.2, 0.25) is 0 Å². The molecule has 52 heavy (non-hydrogen) atoms. The van der Waals surface area contributed by atoms with Gasteiger partial charge in [-0.15, -0.1) is 0 Å². The number of aliphatic hydroxyl groups is 1. The van der Waals surface area contributed by atoms with Gasteiger partial charge in [0, 0.05) is 11.8 Å². The molecule has 0 saturated carbocycles. The Kier molecular flexibility index (Phi) is 10.9. The van der Waals surface area contributed by atoms with E-state index >= 15 is 0 Å². The Morgan fingerprint density at radius 1 is 0.942 bits per heavy atom. The number of carbonyl (C=O) groups is 1. The number of methoxy groups -OCH3 is 2. The first-order valence-electron chi connectivity index (χ1n) is 17.5. The molecule has 17 heteroatoms. The fourth-order valence-corrected chi connectivity index (χ4v) is 9.56. The van der Waals surface area contributed by atoms with E-state index in [1.807, 2.05) is 12.1 Å². The smallest absolute Gasteiger partial charge is 0.334 e. The van der Waals surface area contributed by atoms with Crippen LogP contribution in [0.1, 0.15) is 49.5 Å². The SMILES string of the molecule is CCOP(=O)(CC(NC1COC2COC(C)OC2C1O)O[C@@H]1c2cc3c(cc2[C@@H](c2cc(OC)c(O)c(OC)c2)[C@H]2C(=O)OC[C@@H]21)OCO3)OCC. The van der Waals surface area contributed by atoms with Crippen LogP contribution in [0.4, 0.5) is 0 Å². The van der Waals surface area contributed by atoms with E-state index in [0.717, 1.165) is 0 Å². The van der Waals surface area contributed by atoms with Gasteiger partial charge in [0.15, 0.2) is 29.3 Å². The number of fused-ring (bicyclic) bond motifs is 4. The van der Waals surface area contributed by atoms with Crippen LogP contribution in [0.25, 0.3) is 0 Å². The lowest BCUT2D eigenvalue weighted by Gasteiger charge is -2.46. The lowest BCUT2D eigenvalue weighted by atomic mass is 9.66. The molecular weight excluding hydrogens is 705 g/mol. The molecule has 2 aromatic carbocycles. The summed E-state index contributed by atoms with van der Waals surface area (Å²) in [6.45, 7) is 5.82. The minimum atomic E-state index is -3.75. The van der Waals surface area contributed by atoms with Crippen molar-refractivity contribution in [3.05, 3.63) is 41.0 Å². The molecule has 6 unspecified atom stereocenters. The topological polar surface area (TPSA) is 188 Å². The molecule has 10 atom stereocenters. The number of esters is 1. The van der Waals surface area contributed by atoms with Crippen LogP contribution >= 0.6 is 7.60 Å². The van der Waals surface area contributed by atoms with Crippen molar-refractivity contribution < 1.29 is 71.3 Å². The van der Waals surface area contributed by atoms with Gasteiger partial charge in [0.1, 0.15) is 24.5 Å². The molecule has 0 aromatic heterocycles. The number of nitrogens with one attached hydrogen (secondary N) is 1. The highest BCUT2D eigenvalue weighted by Gasteiger charge is 2.54. The number of aliphatic hydroxyl groups excluding tert-OH is 1. The zero-order chi connectivity index (χ0) is 36.7. The van der Waals surface area contributed by atoms with Gasteiger partial charge in [0.05, 0.1) is 71.5 Å². The Hall–Kier alpha value is -3.18. The van der Waals surface area contributed by atoms with Crippen LogP contribution in [0.5, 0.6) is 28.7 Å². The van der Waals surface area contributed by atoms with Crippen molar-refractivity contribution in [1.29, 1.82) is 0 Å². The lowest BCUT2D eigenvalue weighted by molar-refractivity contribution is -0.295. The van der Waals surface area contributed by atoms with Crippen molar-refractivity contribution in [1.82, 2.24) is 5.32 Å². The number of rotatable bonds is 13. The highest BCUT2D eigenvalue weighted by molar-refractivity contribution is 7.53. The minimum absolute atomic E-state index is 0.00764. The van der Waals surface area contributed by atoms with Gasteiger partial charge >= 0.3 is 13.6 Å². The summed E-state index contributed by atoms with van der Waals surface area (Å²) in [5.41, 5.74) is 2.00. The van der Waals surface area contributed by atoms with Crippen molar-refractivity contribution in [2.75, 3.05) is 60.2 Å². The molecule has 7 rings (SSSR count). The molecule has 4 aliphatic heterocycles. The standard InChI is InChI=1S/C35H46NO15P/c1-6-48-52(40,49-7-2)15-28(36-22-13-44-27-14-43-17(3)50-34(27)31(22)37)51-33-20-11-24-23(46-16-47-24)10-19(20)29(30-21(33)12-45-35(30)39)18-8-25(41-4)32(38)26(9-18)42-5/h8-11,17,21-22,27-31,33-34,36-38H,6-7,12-16H2,1-5H3/t17?,21-,22?,27?,28?,29+,30-,31?,33+,34?/m0/s1. The van der Waals surface area contributed by atoms with Crippen LogP contribution in [-0.4, -0.2) is 113 Å². The Morgan fingerprint density at radius 3 is 2.27 bits per heavy atom. The fourth-order valence-electron chi connectivity index (χ4n) is 7.89. The predicted molar refractivity (Wildman–Crippen MR) is 180 cm³/mol. The molecule has 0 bridgehead atoms. The summed E-state index contributed by atoms with van der Waals surface area (Å²) >= 11 is 0. The zero-order valence-electron chi connectivity index (χ0n) is 29.7. The average molecular weight is 752 g/mol. The van der Waals surface area contributed by atoms with Gasteiger partial charge in [0.2, 0.25) is 12.5 Å². The summed E-state index contributed by atoms with van der Waals surface area (Å²) in [5.74, 6) is -1.21. The summed E-state index contributed by atoms with van der Waals surface area (Å²) in [4.78, 5) is 13.7. The van der Waals surface area contributed by atoms with Gasteiger partial charge in [-0.1, -0.05) is 0 Å². The van der Waals surface area contributed by atoms with Crippen LogP contribution in [-0.2, 0) is 42.1 Å². The molecular formula is C35H46NO15P. The van der Waals surface area contributed by atoms with Crippen LogP contribution in [0.15, 0.2) is 24.3 Å². The van der Waals surface area contributed by atoms with E-state index < -0.39 is 74.3 Å². The van der Waals surface area contributed by atoms with Gasteiger partial charge in [-0.2, -0.15) is 0 Å². The maximum atomic E-state index is 14.1. The Balaban J connectivity index is 1.30. The number of phenolic OH excluding ortho intramolecular Hbond substituents is 1. The second-order valence-corrected chi connectivity index (χ2v) is 15.3. The van der Waals surface area contributed by atoms with Gasteiger partial charge in [-0.25, -0.2) is 0 Å². The van der Waals surface area contributed by atoms with E-state index in [1.54, 1.807) is 32.9 Å². The van der Waals surface area contributed by atoms with E-state index in [0.29, 0.717) is 28.2 Å². The van der Waals surface area contributed by atoms with Crippen molar-refractivity contribution in [2.24, 2.45) is 11.8 Å². The number of phenols is 1. The molecule has 0 amide bonds. The Bertz CT molecular complexity index is 1640. The van der Waals surface area contributed by atoms with E-state index in [2.05, 4.69) is 5.32 Å². The number of benzene rings is 2. The van der Waals surface area contributed by atoms with Gasteiger partial charge in [-0.05, 0) is 61.7 Å². The molecule has 4 heterocycles. The summed E-state index contributed by atoms with van der Waals surface area (Å²) in [6, 6.07) is 6.27. The van der Waals surface area contributed by atoms with Crippen LogP contribution in [0, 0.1) is 11.8 Å². The lowest BCUT2D eigenvalue weighted by Crippen LogP contribution is -2.64. The van der Waals surface area contributed by atoms with Crippen molar-refractivity contribution in [3.63, 3.8) is 0 Å². The molecule has 2 aromatic rings. The first-order chi connectivity index (χ1) is 25.1. The third-order valence-electron chi connectivity index (χ3n) is 10.2. The molecule has 3 N–H and O–H groups in total. The third-order valence-corrected chi connectivity index (χ3v) is 12.3. The predicted octanol–water partition coefficient (Wildman–Crippen LogP) is 3.20. The highest BCUT2D eigenvalue weighted by atomic mass is 31.2. The first-order valence-corrected chi connectivity index (χ1v) is 19.2. The number of cyclic esters (lactones) is 1. The fraction of sp³-hybridized carbons (Fsp3) is 0.629. The number of aromatic hydroxyl groups is 1. The monoisotopic (exact) mass is 751 g/mol. The van der Waals surface area contributed by atoms with Crippen LogP contribution in [0.3, 0.4) is 0 Å². The molecule has 3 fully saturated rings. The molecule has 3 saturated heterocycles. The Morgan fingerprint density at radius 2 is 1.62 bits per heavy atom. The second kappa shape index (κ2) is 15.3. The number of hydrogen-bond acceptors (Lipinski definition) is 16. The second-order valence-electron chi connectivity index (χ2n) is 13.2. The van der Waals surface area contributed by atoms with Crippen molar-refractivity contribution in [2.45, 2.75) is 69.7 Å². The molecule has 0 spiro atoms. The summed E-state index contributed by atoms with van der Waals surface area (Å²) in [6.07, 6.45) is -4.81. The van der Waals surface area contributed by atoms with Gasteiger partial charge < -0.3 is 61.9 Å². The van der Waals surface area contributed by atoms with Gasteiger partial charge in [0.25, 0.3) is 0 Å². The highest BCUT2D eigenvalue weighted by Crippen LogP contribution is 2.57. The quantitative estimate of drug-likeness (QED) is 0.154. The van der Waals surface area contributed by atoms with E-state index in [-0.39, 0.29) is 63.2 Å². The average Bonchev–Trinajstić information content (AvgIpc) is 3.75. The van der Waals surface area contributed by atoms with Crippen LogP contribution < -0.4 is 24.3 Å². The number of hydrogen-bond donors (Lipinski definition) is 3. The van der Waals surface area contributed by atoms with E-state index in [9.17, 15) is 19.6 Å². The van der Waals surface area contributed by atoms with Crippen molar-refractivity contribution in [3.8, 4) is 28.7 Å². The minimum Gasteiger partial charge on any atom is -0.502 e. The van der Waals surface area contributed by atoms with Crippen molar-refractivity contribution >= 4 is 13.6 Å². The van der Waals surface area contributed by atoms with E-state index in [4.69, 9.17) is 51.7 Å². The first kappa shape index (κ1) is 37.1. The normalized spacial score (nSPS) is 31.3. The summed E-state index contributed by atoms with van der Waals surface area (Å²) < 4.78 is 78.1. The third kappa shape index (κ3) is 6.96. The Labute approximate surface area is 301 Å². The molecule has 286 valence electrons.